The van der Waals surface area contributed by atoms with Crippen LogP contribution in [0.5, 0.6) is 0 Å². The monoisotopic (exact) mass is 424 g/mol. The van der Waals surface area contributed by atoms with E-state index in [0.29, 0.717) is 26.7 Å². The molecule has 3 aromatic rings. The fraction of sp³-hybridized carbons (Fsp3) is 0.125. The number of hydrogen-bond donors (Lipinski definition) is 1. The lowest BCUT2D eigenvalue weighted by Crippen LogP contribution is -2.27. The van der Waals surface area contributed by atoms with Crippen LogP contribution in [0.25, 0.3) is 10.7 Å². The number of thioether (sulfide) groups is 1. The molecule has 6 nitrogen and oxygen atoms in total. The van der Waals surface area contributed by atoms with E-state index in [0.717, 1.165) is 10.4 Å². The Morgan fingerprint density at radius 2 is 2.08 bits per heavy atom. The van der Waals surface area contributed by atoms with Gasteiger partial charge in [0.2, 0.25) is 5.16 Å². The molecule has 3 heterocycles. The van der Waals surface area contributed by atoms with Gasteiger partial charge in [0.05, 0.1) is 32.3 Å². The van der Waals surface area contributed by atoms with E-state index in [-0.39, 0.29) is 6.42 Å². The van der Waals surface area contributed by atoms with Gasteiger partial charge in [-0.2, -0.15) is 9.78 Å². The summed E-state index contributed by atoms with van der Waals surface area (Å²) < 4.78 is 1.65. The van der Waals surface area contributed by atoms with Crippen molar-refractivity contribution in [1.29, 1.82) is 0 Å². The van der Waals surface area contributed by atoms with E-state index < -0.39 is 11.2 Å². The summed E-state index contributed by atoms with van der Waals surface area (Å²) in [4.78, 5) is 12.2. The summed E-state index contributed by atoms with van der Waals surface area (Å²) in [5.74, 6) is -0.296. The van der Waals surface area contributed by atoms with Crippen LogP contribution in [0.2, 0.25) is 10.0 Å². The lowest BCUT2D eigenvalue weighted by Gasteiger charge is -2.22. The van der Waals surface area contributed by atoms with E-state index in [1.165, 1.54) is 23.1 Å². The van der Waals surface area contributed by atoms with Crippen molar-refractivity contribution in [1.82, 2.24) is 14.9 Å². The van der Waals surface area contributed by atoms with Gasteiger partial charge in [0.1, 0.15) is 0 Å². The average molecular weight is 425 g/mol. The second-order valence-corrected chi connectivity index (χ2v) is 8.35. The lowest BCUT2D eigenvalue weighted by atomic mass is 10.1. The number of nitrogens with zero attached hydrogens (tertiary/aromatic N) is 4. The van der Waals surface area contributed by atoms with Crippen molar-refractivity contribution >= 4 is 58.0 Å². The minimum absolute atomic E-state index is 0.0923. The molecule has 0 spiro atoms. The van der Waals surface area contributed by atoms with Gasteiger partial charge in [-0.25, -0.2) is 0 Å². The molecule has 4 rings (SSSR count). The average Bonchev–Trinajstić information content (AvgIpc) is 3.25. The number of carboxylic acid groups (broad SMARTS) is 1. The van der Waals surface area contributed by atoms with Crippen molar-refractivity contribution in [2.24, 2.45) is 5.10 Å². The van der Waals surface area contributed by atoms with Gasteiger partial charge in [-0.15, -0.1) is 21.5 Å². The zero-order chi connectivity index (χ0) is 18.3. The second-order valence-electron chi connectivity index (χ2n) is 5.41. The van der Waals surface area contributed by atoms with E-state index in [2.05, 4.69) is 15.3 Å². The predicted molar refractivity (Wildman–Crippen MR) is 104 cm³/mol. The highest BCUT2D eigenvalue weighted by atomic mass is 35.5. The predicted octanol–water partition coefficient (Wildman–Crippen LogP) is 4.51. The number of carbonyl (C=O) groups is 1. The lowest BCUT2D eigenvalue weighted by molar-refractivity contribution is -0.136. The van der Waals surface area contributed by atoms with E-state index in [4.69, 9.17) is 23.2 Å². The van der Waals surface area contributed by atoms with Gasteiger partial charge in [0, 0.05) is 5.56 Å². The number of halogens is 2. The zero-order valence-electron chi connectivity index (χ0n) is 13.0. The molecule has 1 N–H and O–H groups in total. The molecule has 1 atom stereocenters. The van der Waals surface area contributed by atoms with Crippen molar-refractivity contribution in [3.8, 4) is 10.7 Å². The molecule has 0 fully saturated rings. The minimum atomic E-state index is -0.915. The van der Waals surface area contributed by atoms with E-state index in [1.54, 1.807) is 22.9 Å². The fourth-order valence-electron chi connectivity index (χ4n) is 2.54. The molecule has 0 amide bonds. The molecule has 0 saturated heterocycles. The molecule has 0 radical (unpaired) electrons. The van der Waals surface area contributed by atoms with E-state index in [1.807, 2.05) is 17.5 Å². The highest BCUT2D eigenvalue weighted by Gasteiger charge is 2.31. The Bertz CT molecular complexity index is 1020. The van der Waals surface area contributed by atoms with Crippen molar-refractivity contribution in [3.05, 3.63) is 51.3 Å². The Kier molecular flexibility index (Phi) is 4.74. The van der Waals surface area contributed by atoms with Crippen LogP contribution in [0.15, 0.2) is 46.0 Å². The summed E-state index contributed by atoms with van der Waals surface area (Å²) in [5, 5.41) is 25.2. The third kappa shape index (κ3) is 3.25. The highest BCUT2D eigenvalue weighted by Crippen LogP contribution is 2.36. The van der Waals surface area contributed by atoms with Crippen LogP contribution in [-0.4, -0.2) is 36.9 Å². The standard InChI is InChI=1S/C16H10Cl2N4O2S2/c17-9-4-3-8(6-10(9)18)14-12(7-13(23)24)26-16-20-19-15(22(16)21-14)11-2-1-5-25-11/h1-6,12H,7H2,(H,23,24). The van der Waals surface area contributed by atoms with Gasteiger partial charge in [0.15, 0.2) is 5.82 Å². The first-order chi connectivity index (χ1) is 12.5. The molecule has 1 aromatic carbocycles. The number of carboxylic acids is 1. The quantitative estimate of drug-likeness (QED) is 0.665. The van der Waals surface area contributed by atoms with Crippen molar-refractivity contribution in [3.63, 3.8) is 0 Å². The van der Waals surface area contributed by atoms with Crippen LogP contribution in [0, 0.1) is 0 Å². The molecule has 0 aliphatic carbocycles. The molecule has 26 heavy (non-hydrogen) atoms. The molecule has 1 unspecified atom stereocenters. The third-order valence-electron chi connectivity index (χ3n) is 3.69. The summed E-state index contributed by atoms with van der Waals surface area (Å²) in [6.07, 6.45) is -0.0923. The molecule has 0 saturated carbocycles. The first kappa shape index (κ1) is 17.5. The van der Waals surface area contributed by atoms with Gasteiger partial charge in [0.25, 0.3) is 0 Å². The maximum atomic E-state index is 11.3. The Morgan fingerprint density at radius 1 is 1.23 bits per heavy atom. The van der Waals surface area contributed by atoms with Crippen molar-refractivity contribution in [2.45, 2.75) is 16.8 Å². The molecule has 2 aromatic heterocycles. The SMILES string of the molecule is O=C(O)CC1Sc2nnc(-c3cccs3)n2N=C1c1ccc(Cl)c(Cl)c1. The summed E-state index contributed by atoms with van der Waals surface area (Å²) in [6, 6.07) is 9.01. The van der Waals surface area contributed by atoms with Gasteiger partial charge >= 0.3 is 5.97 Å². The smallest absolute Gasteiger partial charge is 0.304 e. The summed E-state index contributed by atoms with van der Waals surface area (Å²) in [5.41, 5.74) is 1.32. The van der Waals surface area contributed by atoms with Crippen molar-refractivity contribution < 1.29 is 9.90 Å². The largest absolute Gasteiger partial charge is 0.481 e. The fourth-order valence-corrected chi connectivity index (χ4v) is 4.62. The van der Waals surface area contributed by atoms with Gasteiger partial charge < -0.3 is 5.11 Å². The number of aromatic nitrogens is 3. The van der Waals surface area contributed by atoms with Crippen LogP contribution in [0.1, 0.15) is 12.0 Å². The van der Waals surface area contributed by atoms with Crippen LogP contribution in [0.3, 0.4) is 0 Å². The number of aliphatic carboxylic acids is 1. The molecule has 1 aliphatic rings. The maximum Gasteiger partial charge on any atom is 0.304 e. The summed E-state index contributed by atoms with van der Waals surface area (Å²) >= 11 is 15.0. The Labute approximate surface area is 166 Å². The highest BCUT2D eigenvalue weighted by molar-refractivity contribution is 8.00. The van der Waals surface area contributed by atoms with E-state index in [9.17, 15) is 9.90 Å². The first-order valence-corrected chi connectivity index (χ1v) is 9.96. The zero-order valence-corrected chi connectivity index (χ0v) is 16.1. The summed E-state index contributed by atoms with van der Waals surface area (Å²) in [7, 11) is 0. The molecule has 0 bridgehead atoms. The van der Waals surface area contributed by atoms with E-state index >= 15 is 0 Å². The number of benzene rings is 1. The van der Waals surface area contributed by atoms with Crippen LogP contribution >= 0.6 is 46.3 Å². The van der Waals surface area contributed by atoms with Gasteiger partial charge in [-0.1, -0.05) is 47.1 Å². The Hall–Kier alpha value is -1.87. The Balaban J connectivity index is 1.84. The summed E-state index contributed by atoms with van der Waals surface area (Å²) in [6.45, 7) is 0. The number of thiophene rings is 1. The third-order valence-corrected chi connectivity index (χ3v) is 6.43. The topological polar surface area (TPSA) is 80.4 Å². The van der Waals surface area contributed by atoms with Crippen LogP contribution in [0.4, 0.5) is 0 Å². The minimum Gasteiger partial charge on any atom is -0.481 e. The van der Waals surface area contributed by atoms with Gasteiger partial charge in [-0.3, -0.25) is 4.79 Å². The number of rotatable bonds is 4. The van der Waals surface area contributed by atoms with Gasteiger partial charge in [-0.05, 0) is 23.6 Å². The number of fused-ring (bicyclic) bond motifs is 1. The second kappa shape index (κ2) is 7.03. The first-order valence-electron chi connectivity index (χ1n) is 7.45. The molecule has 132 valence electrons. The number of hydrogen-bond acceptors (Lipinski definition) is 6. The molecule has 1 aliphatic heterocycles. The normalized spacial score (nSPS) is 16.2. The van der Waals surface area contributed by atoms with Crippen molar-refractivity contribution in [2.75, 3.05) is 0 Å². The van der Waals surface area contributed by atoms with Crippen LogP contribution in [-0.2, 0) is 4.79 Å². The molecule has 10 heteroatoms. The molecular weight excluding hydrogens is 415 g/mol. The maximum absolute atomic E-state index is 11.3. The van der Waals surface area contributed by atoms with Crippen LogP contribution < -0.4 is 0 Å². The Morgan fingerprint density at radius 3 is 2.77 bits per heavy atom. The molecular formula is C16H10Cl2N4O2S2.